The van der Waals surface area contributed by atoms with Crippen LogP contribution in [0.4, 0.5) is 0 Å². The summed E-state index contributed by atoms with van der Waals surface area (Å²) in [5, 5.41) is 0. The Bertz CT molecular complexity index is 155. The van der Waals surface area contributed by atoms with Crippen molar-refractivity contribution in [2.45, 2.75) is 40.0 Å². The highest BCUT2D eigenvalue weighted by Crippen LogP contribution is 2.24. The predicted octanol–water partition coefficient (Wildman–Crippen LogP) is 2.98. The van der Waals surface area contributed by atoms with E-state index in [2.05, 4.69) is 0 Å². The summed E-state index contributed by atoms with van der Waals surface area (Å²) in [5.74, 6) is 0.490. The van der Waals surface area contributed by atoms with Crippen molar-refractivity contribution in [1.29, 1.82) is 0 Å². The zero-order valence-corrected chi connectivity index (χ0v) is 9.49. The highest BCUT2D eigenvalue weighted by molar-refractivity contribution is 6.17. The third-order valence-electron chi connectivity index (χ3n) is 1.93. The number of carbonyl (C=O) groups excluding carboxylic acids is 1. The molecule has 78 valence electrons. The second-order valence-electron chi connectivity index (χ2n) is 3.81. The monoisotopic (exact) mass is 206 g/mol. The first kappa shape index (κ1) is 12.8. The first-order valence-electron chi connectivity index (χ1n) is 4.77. The lowest BCUT2D eigenvalue weighted by atomic mass is 9.88. The van der Waals surface area contributed by atoms with Gasteiger partial charge in [0, 0.05) is 5.88 Å². The van der Waals surface area contributed by atoms with Gasteiger partial charge in [-0.3, -0.25) is 4.79 Å². The Balaban J connectivity index is 3.87. The van der Waals surface area contributed by atoms with Gasteiger partial charge in [0.2, 0.25) is 0 Å². The molecule has 0 aromatic heterocycles. The van der Waals surface area contributed by atoms with Crippen LogP contribution < -0.4 is 0 Å². The minimum atomic E-state index is -0.385. The molecule has 0 N–H and O–H groups in total. The molecule has 0 atom stereocenters. The normalized spacial score (nSPS) is 11.4. The van der Waals surface area contributed by atoms with Crippen molar-refractivity contribution in [1.82, 2.24) is 0 Å². The van der Waals surface area contributed by atoms with E-state index in [4.69, 9.17) is 16.3 Å². The summed E-state index contributed by atoms with van der Waals surface area (Å²) in [4.78, 5) is 11.5. The summed E-state index contributed by atoms with van der Waals surface area (Å²) < 4.78 is 5.07. The molecule has 0 rings (SSSR count). The molecule has 0 aliphatic heterocycles. The fourth-order valence-corrected chi connectivity index (χ4v) is 1.13. The molecular weight excluding hydrogens is 188 g/mol. The topological polar surface area (TPSA) is 26.3 Å². The minimum absolute atomic E-state index is 0.112. The molecule has 0 aliphatic carbocycles. The van der Waals surface area contributed by atoms with E-state index in [1.807, 2.05) is 20.8 Å². The average Bonchev–Trinajstić information content (AvgIpc) is 2.10. The summed E-state index contributed by atoms with van der Waals surface area (Å²) in [6, 6.07) is 0. The van der Waals surface area contributed by atoms with E-state index in [1.165, 1.54) is 0 Å². The molecule has 0 spiro atoms. The second kappa shape index (κ2) is 6.25. The van der Waals surface area contributed by atoms with Crippen molar-refractivity contribution in [3.8, 4) is 0 Å². The zero-order valence-electron chi connectivity index (χ0n) is 8.73. The van der Waals surface area contributed by atoms with Crippen LogP contribution in [0.2, 0.25) is 0 Å². The quantitative estimate of drug-likeness (QED) is 0.494. The summed E-state index contributed by atoms with van der Waals surface area (Å²) in [5.41, 5.74) is -0.385. The maximum atomic E-state index is 11.5. The van der Waals surface area contributed by atoms with Crippen molar-refractivity contribution >= 4 is 17.6 Å². The van der Waals surface area contributed by atoms with Gasteiger partial charge in [-0.05, 0) is 33.1 Å². The van der Waals surface area contributed by atoms with Crippen LogP contribution in [0.3, 0.4) is 0 Å². The molecule has 13 heavy (non-hydrogen) atoms. The maximum absolute atomic E-state index is 11.5. The molecule has 0 heterocycles. The van der Waals surface area contributed by atoms with Gasteiger partial charge in [-0.15, -0.1) is 11.6 Å². The SMILES string of the molecule is CCCOC(=O)C(C)(C)CCCCl. The number of hydrogen-bond donors (Lipinski definition) is 0. The fraction of sp³-hybridized carbons (Fsp3) is 0.900. The molecular formula is C10H19ClO2. The second-order valence-corrected chi connectivity index (χ2v) is 4.19. The Hall–Kier alpha value is -0.240. The Morgan fingerprint density at radius 3 is 2.54 bits per heavy atom. The van der Waals surface area contributed by atoms with Gasteiger partial charge in [0.05, 0.1) is 12.0 Å². The Kier molecular flexibility index (Phi) is 6.13. The maximum Gasteiger partial charge on any atom is 0.311 e. The third kappa shape index (κ3) is 5.14. The first-order chi connectivity index (χ1) is 6.04. The number of halogens is 1. The van der Waals surface area contributed by atoms with Crippen LogP contribution in [0.25, 0.3) is 0 Å². The molecule has 3 heteroatoms. The molecule has 0 fully saturated rings. The van der Waals surface area contributed by atoms with Gasteiger partial charge in [0.15, 0.2) is 0 Å². The van der Waals surface area contributed by atoms with Gasteiger partial charge in [0.25, 0.3) is 0 Å². The average molecular weight is 207 g/mol. The number of carbonyl (C=O) groups is 1. The lowest BCUT2D eigenvalue weighted by molar-refractivity contribution is -0.154. The fourth-order valence-electron chi connectivity index (χ4n) is 1.00. The first-order valence-corrected chi connectivity index (χ1v) is 5.31. The van der Waals surface area contributed by atoms with E-state index in [1.54, 1.807) is 0 Å². The zero-order chi connectivity index (χ0) is 10.3. The Morgan fingerprint density at radius 1 is 1.46 bits per heavy atom. The molecule has 0 bridgehead atoms. The van der Waals surface area contributed by atoms with Gasteiger partial charge < -0.3 is 4.74 Å². The highest BCUT2D eigenvalue weighted by Gasteiger charge is 2.28. The van der Waals surface area contributed by atoms with E-state index < -0.39 is 0 Å². The number of esters is 1. The highest BCUT2D eigenvalue weighted by atomic mass is 35.5. The lowest BCUT2D eigenvalue weighted by Crippen LogP contribution is -2.27. The molecule has 0 unspecified atom stereocenters. The van der Waals surface area contributed by atoms with Crippen molar-refractivity contribution in [3.63, 3.8) is 0 Å². The minimum Gasteiger partial charge on any atom is -0.465 e. The number of rotatable bonds is 6. The van der Waals surface area contributed by atoms with Gasteiger partial charge in [0.1, 0.15) is 0 Å². The van der Waals surface area contributed by atoms with Gasteiger partial charge in [-0.25, -0.2) is 0 Å². The van der Waals surface area contributed by atoms with Crippen LogP contribution in [-0.2, 0) is 9.53 Å². The largest absolute Gasteiger partial charge is 0.465 e. The van der Waals surface area contributed by atoms with Gasteiger partial charge in [-0.1, -0.05) is 6.92 Å². The molecule has 2 nitrogen and oxygen atoms in total. The van der Waals surface area contributed by atoms with Crippen molar-refractivity contribution in [3.05, 3.63) is 0 Å². The van der Waals surface area contributed by atoms with Crippen LogP contribution in [0.1, 0.15) is 40.0 Å². The number of hydrogen-bond acceptors (Lipinski definition) is 2. The lowest BCUT2D eigenvalue weighted by Gasteiger charge is -2.21. The Morgan fingerprint density at radius 2 is 2.08 bits per heavy atom. The summed E-state index contributed by atoms with van der Waals surface area (Å²) in [7, 11) is 0. The van der Waals surface area contributed by atoms with Crippen LogP contribution >= 0.6 is 11.6 Å². The van der Waals surface area contributed by atoms with E-state index in [0.29, 0.717) is 12.5 Å². The van der Waals surface area contributed by atoms with Crippen molar-refractivity contribution in [2.24, 2.45) is 5.41 Å². The molecule has 0 aromatic carbocycles. The standard InChI is InChI=1S/C10H19ClO2/c1-4-8-13-9(12)10(2,3)6-5-7-11/h4-8H2,1-3H3. The molecule has 0 radical (unpaired) electrons. The molecule has 0 amide bonds. The van der Waals surface area contributed by atoms with Crippen molar-refractivity contribution < 1.29 is 9.53 Å². The van der Waals surface area contributed by atoms with E-state index in [-0.39, 0.29) is 11.4 Å². The third-order valence-corrected chi connectivity index (χ3v) is 2.19. The van der Waals surface area contributed by atoms with Crippen molar-refractivity contribution in [2.75, 3.05) is 12.5 Å². The molecule has 0 aliphatic rings. The molecule has 0 saturated heterocycles. The molecule has 0 aromatic rings. The Labute approximate surface area is 85.6 Å². The van der Waals surface area contributed by atoms with Crippen LogP contribution in [0.15, 0.2) is 0 Å². The van der Waals surface area contributed by atoms with Crippen LogP contribution in [0.5, 0.6) is 0 Å². The smallest absolute Gasteiger partial charge is 0.311 e. The van der Waals surface area contributed by atoms with Crippen LogP contribution in [0, 0.1) is 5.41 Å². The summed E-state index contributed by atoms with van der Waals surface area (Å²) in [6.07, 6.45) is 2.52. The summed E-state index contributed by atoms with van der Waals surface area (Å²) >= 11 is 5.56. The van der Waals surface area contributed by atoms with Gasteiger partial charge in [-0.2, -0.15) is 0 Å². The summed E-state index contributed by atoms with van der Waals surface area (Å²) in [6.45, 7) is 6.30. The van der Waals surface area contributed by atoms with Gasteiger partial charge >= 0.3 is 5.97 Å². The number of ether oxygens (including phenoxy) is 1. The molecule has 0 saturated carbocycles. The predicted molar refractivity (Wildman–Crippen MR) is 55.0 cm³/mol. The van der Waals surface area contributed by atoms with E-state index in [0.717, 1.165) is 19.3 Å². The van der Waals surface area contributed by atoms with E-state index in [9.17, 15) is 4.79 Å². The van der Waals surface area contributed by atoms with E-state index >= 15 is 0 Å². The van der Waals surface area contributed by atoms with Crippen LogP contribution in [-0.4, -0.2) is 18.5 Å². The number of alkyl halides is 1.